The summed E-state index contributed by atoms with van der Waals surface area (Å²) in [7, 11) is 0. The van der Waals surface area contributed by atoms with Crippen molar-refractivity contribution in [1.29, 1.82) is 0 Å². The van der Waals surface area contributed by atoms with Gasteiger partial charge in [0.25, 0.3) is 0 Å². The fraction of sp³-hybridized carbons (Fsp3) is 0.125. The van der Waals surface area contributed by atoms with Crippen molar-refractivity contribution < 1.29 is 14.0 Å². The molecule has 7 heteroatoms. The summed E-state index contributed by atoms with van der Waals surface area (Å²) in [5.74, 6) is -1.17. The van der Waals surface area contributed by atoms with E-state index < -0.39 is 11.8 Å². The number of hydrogen-bond donors (Lipinski definition) is 2. The second-order valence-electron chi connectivity index (χ2n) is 4.82. The number of carbonyl (C=O) groups excluding carboxylic acids is 2. The molecular formula is C16H13Cl2FN2O2. The first kappa shape index (κ1) is 17.2. The van der Waals surface area contributed by atoms with Crippen molar-refractivity contribution in [3.63, 3.8) is 0 Å². The first-order valence-electron chi connectivity index (χ1n) is 6.70. The molecule has 0 aliphatic heterocycles. The Bertz CT molecular complexity index is 721. The summed E-state index contributed by atoms with van der Waals surface area (Å²) in [6.07, 6.45) is 0.0844. The molecular weight excluding hydrogens is 342 g/mol. The molecule has 2 rings (SSSR count). The number of benzene rings is 2. The molecule has 0 aromatic heterocycles. The summed E-state index contributed by atoms with van der Waals surface area (Å²) in [6, 6.07) is 10.4. The van der Waals surface area contributed by atoms with Crippen molar-refractivity contribution in [2.75, 3.05) is 0 Å². The zero-order valence-electron chi connectivity index (χ0n) is 11.9. The van der Waals surface area contributed by atoms with Gasteiger partial charge in [-0.2, -0.15) is 0 Å². The number of hydrogen-bond acceptors (Lipinski definition) is 2. The van der Waals surface area contributed by atoms with Gasteiger partial charge in [-0.15, -0.1) is 0 Å². The van der Waals surface area contributed by atoms with E-state index in [1.54, 1.807) is 18.2 Å². The third-order valence-corrected chi connectivity index (χ3v) is 3.71. The summed E-state index contributed by atoms with van der Waals surface area (Å²) in [4.78, 5) is 23.5. The van der Waals surface area contributed by atoms with Gasteiger partial charge in [-0.25, -0.2) is 4.39 Å². The standard InChI is InChI=1S/C16H13Cl2FN2O2/c17-13-6-3-11(7-14(13)18)9-16(23)21-20-15(22)8-10-1-4-12(19)5-2-10/h1-7H,8-9H2,(H,20,22)(H,21,23). The maximum Gasteiger partial charge on any atom is 0.242 e. The van der Waals surface area contributed by atoms with Crippen molar-refractivity contribution >= 4 is 35.0 Å². The van der Waals surface area contributed by atoms with E-state index in [0.29, 0.717) is 21.2 Å². The molecule has 0 aliphatic rings. The minimum absolute atomic E-state index is 0.0351. The SMILES string of the molecule is O=C(Cc1ccc(F)cc1)NNC(=O)Cc1ccc(Cl)c(Cl)c1. The van der Waals surface area contributed by atoms with Crippen LogP contribution in [0.3, 0.4) is 0 Å². The van der Waals surface area contributed by atoms with E-state index in [1.165, 1.54) is 24.3 Å². The smallest absolute Gasteiger partial charge is 0.242 e. The highest BCUT2D eigenvalue weighted by molar-refractivity contribution is 6.42. The number of hydrazine groups is 1. The monoisotopic (exact) mass is 354 g/mol. The summed E-state index contributed by atoms with van der Waals surface area (Å²) >= 11 is 11.7. The summed E-state index contributed by atoms with van der Waals surface area (Å²) in [6.45, 7) is 0. The summed E-state index contributed by atoms with van der Waals surface area (Å²) in [5.41, 5.74) is 5.92. The Kier molecular flexibility index (Phi) is 5.96. The Morgan fingerprint density at radius 1 is 0.826 bits per heavy atom. The van der Waals surface area contributed by atoms with Crippen LogP contribution in [0.15, 0.2) is 42.5 Å². The molecule has 0 unspecified atom stereocenters. The number of amides is 2. The first-order valence-corrected chi connectivity index (χ1v) is 7.45. The quantitative estimate of drug-likeness (QED) is 0.829. The average Bonchev–Trinajstić information content (AvgIpc) is 2.51. The maximum atomic E-state index is 12.8. The topological polar surface area (TPSA) is 58.2 Å². The van der Waals surface area contributed by atoms with Gasteiger partial charge in [-0.1, -0.05) is 41.4 Å². The Hall–Kier alpha value is -2.11. The van der Waals surface area contributed by atoms with E-state index >= 15 is 0 Å². The van der Waals surface area contributed by atoms with Crippen LogP contribution in [0.4, 0.5) is 4.39 Å². The molecule has 0 atom stereocenters. The molecule has 2 aromatic rings. The Balaban J connectivity index is 1.80. The summed E-state index contributed by atoms with van der Waals surface area (Å²) in [5, 5.41) is 0.765. The lowest BCUT2D eigenvalue weighted by Gasteiger charge is -2.08. The van der Waals surface area contributed by atoms with Gasteiger partial charge in [0, 0.05) is 0 Å². The molecule has 2 amide bonds. The Morgan fingerprint density at radius 2 is 1.35 bits per heavy atom. The van der Waals surface area contributed by atoms with Gasteiger partial charge >= 0.3 is 0 Å². The average molecular weight is 355 g/mol. The normalized spacial score (nSPS) is 10.2. The highest BCUT2D eigenvalue weighted by atomic mass is 35.5. The maximum absolute atomic E-state index is 12.8. The fourth-order valence-corrected chi connectivity index (χ4v) is 2.17. The zero-order valence-corrected chi connectivity index (χ0v) is 13.4. The molecule has 2 aromatic carbocycles. The van der Waals surface area contributed by atoms with E-state index in [-0.39, 0.29) is 18.7 Å². The lowest BCUT2D eigenvalue weighted by atomic mass is 10.1. The Labute approximate surface area is 142 Å². The first-order chi connectivity index (χ1) is 10.9. The molecule has 0 heterocycles. The molecule has 120 valence electrons. The van der Waals surface area contributed by atoms with Crippen LogP contribution in [-0.2, 0) is 22.4 Å². The molecule has 0 saturated heterocycles. The number of halogens is 3. The lowest BCUT2D eigenvalue weighted by molar-refractivity contribution is -0.128. The third-order valence-electron chi connectivity index (χ3n) is 2.97. The zero-order chi connectivity index (χ0) is 16.8. The van der Waals surface area contributed by atoms with Gasteiger partial charge in [0.15, 0.2) is 0 Å². The van der Waals surface area contributed by atoms with Crippen LogP contribution in [0, 0.1) is 5.82 Å². The van der Waals surface area contributed by atoms with Crippen LogP contribution in [0.25, 0.3) is 0 Å². The number of carbonyl (C=O) groups is 2. The highest BCUT2D eigenvalue weighted by Crippen LogP contribution is 2.22. The second-order valence-corrected chi connectivity index (χ2v) is 5.64. The largest absolute Gasteiger partial charge is 0.273 e. The molecule has 23 heavy (non-hydrogen) atoms. The van der Waals surface area contributed by atoms with E-state index in [4.69, 9.17) is 23.2 Å². The van der Waals surface area contributed by atoms with Crippen molar-refractivity contribution in [3.05, 3.63) is 69.5 Å². The highest BCUT2D eigenvalue weighted by Gasteiger charge is 2.08. The van der Waals surface area contributed by atoms with Gasteiger partial charge in [-0.05, 0) is 35.4 Å². The third kappa shape index (κ3) is 5.54. The second kappa shape index (κ2) is 7.94. The van der Waals surface area contributed by atoms with Crippen LogP contribution >= 0.6 is 23.2 Å². The predicted molar refractivity (Wildman–Crippen MR) is 86.6 cm³/mol. The van der Waals surface area contributed by atoms with Gasteiger partial charge < -0.3 is 0 Å². The number of rotatable bonds is 4. The Morgan fingerprint density at radius 3 is 1.91 bits per heavy atom. The summed E-state index contributed by atoms with van der Waals surface area (Å²) < 4.78 is 12.8. The van der Waals surface area contributed by atoms with Crippen LogP contribution < -0.4 is 10.9 Å². The van der Waals surface area contributed by atoms with Crippen molar-refractivity contribution in [2.45, 2.75) is 12.8 Å². The van der Waals surface area contributed by atoms with Crippen molar-refractivity contribution in [2.24, 2.45) is 0 Å². The van der Waals surface area contributed by atoms with Gasteiger partial charge in [0.05, 0.1) is 22.9 Å². The van der Waals surface area contributed by atoms with Gasteiger partial charge in [0.1, 0.15) is 5.82 Å². The molecule has 4 nitrogen and oxygen atoms in total. The van der Waals surface area contributed by atoms with E-state index in [0.717, 1.165) is 0 Å². The van der Waals surface area contributed by atoms with Crippen LogP contribution in [-0.4, -0.2) is 11.8 Å². The fourth-order valence-electron chi connectivity index (χ4n) is 1.85. The van der Waals surface area contributed by atoms with E-state index in [2.05, 4.69) is 10.9 Å². The van der Waals surface area contributed by atoms with E-state index in [9.17, 15) is 14.0 Å². The molecule has 0 radical (unpaired) electrons. The van der Waals surface area contributed by atoms with Gasteiger partial charge in [0.2, 0.25) is 11.8 Å². The van der Waals surface area contributed by atoms with E-state index in [1.807, 2.05) is 0 Å². The molecule has 0 bridgehead atoms. The predicted octanol–water partition coefficient (Wildman–Crippen LogP) is 3.07. The molecule has 0 saturated carbocycles. The lowest BCUT2D eigenvalue weighted by Crippen LogP contribution is -2.43. The molecule has 0 spiro atoms. The van der Waals surface area contributed by atoms with Crippen LogP contribution in [0.5, 0.6) is 0 Å². The minimum Gasteiger partial charge on any atom is -0.273 e. The number of nitrogens with one attached hydrogen (secondary N) is 2. The van der Waals surface area contributed by atoms with Crippen LogP contribution in [0.2, 0.25) is 10.0 Å². The molecule has 0 aliphatic carbocycles. The minimum atomic E-state index is -0.404. The van der Waals surface area contributed by atoms with Gasteiger partial charge in [-0.3, -0.25) is 20.4 Å². The van der Waals surface area contributed by atoms with Crippen LogP contribution in [0.1, 0.15) is 11.1 Å². The van der Waals surface area contributed by atoms with Crippen molar-refractivity contribution in [3.8, 4) is 0 Å². The molecule has 2 N–H and O–H groups in total. The van der Waals surface area contributed by atoms with Crippen molar-refractivity contribution in [1.82, 2.24) is 10.9 Å². The molecule has 0 fully saturated rings.